The van der Waals surface area contributed by atoms with Crippen molar-refractivity contribution in [3.8, 4) is 0 Å². The first-order valence-electron chi connectivity index (χ1n) is 6.32. The highest BCUT2D eigenvalue weighted by atomic mass is 35.5. The highest BCUT2D eigenvalue weighted by Crippen LogP contribution is 2.33. The monoisotopic (exact) mass is 299 g/mol. The first kappa shape index (κ1) is 14.9. The second-order valence-electron chi connectivity index (χ2n) is 5.27. The van der Waals surface area contributed by atoms with Crippen molar-refractivity contribution >= 4 is 23.4 Å². The number of carbonyl (C=O) groups excluding carboxylic acids is 1. The number of carbonyl (C=O) groups is 1. The summed E-state index contributed by atoms with van der Waals surface area (Å²) >= 11 is 6.14. The number of nitrogens with zero attached hydrogens (tertiary/aromatic N) is 3. The fraction of sp³-hybridized carbons (Fsp3) is 0.538. The first-order valence-corrected chi connectivity index (χ1v) is 6.70. The lowest BCUT2D eigenvalue weighted by molar-refractivity contribution is 0.132. The van der Waals surface area contributed by atoms with Crippen molar-refractivity contribution < 1.29 is 14.4 Å². The van der Waals surface area contributed by atoms with Crippen LogP contribution in [0.15, 0.2) is 23.2 Å². The molecule has 2 heterocycles. The van der Waals surface area contributed by atoms with Crippen molar-refractivity contribution in [3.05, 3.63) is 24.5 Å². The number of aliphatic hydroxyl groups is 1. The Morgan fingerprint density at radius 1 is 1.65 bits per heavy atom. The molecule has 1 aromatic rings. The third-order valence-electron chi connectivity index (χ3n) is 3.30. The Morgan fingerprint density at radius 2 is 2.30 bits per heavy atom. The van der Waals surface area contributed by atoms with Gasteiger partial charge >= 0.3 is 6.03 Å². The molecule has 1 fully saturated rings. The van der Waals surface area contributed by atoms with E-state index in [2.05, 4.69) is 11.7 Å². The third kappa shape index (κ3) is 2.41. The number of aromatic nitrogens is 1. The molecular weight excluding hydrogens is 282 g/mol. The van der Waals surface area contributed by atoms with E-state index in [0.717, 1.165) is 0 Å². The molecule has 1 N–H and O–H groups in total. The topological polar surface area (TPSA) is 69.8 Å². The van der Waals surface area contributed by atoms with Crippen molar-refractivity contribution in [2.75, 3.05) is 11.4 Å². The van der Waals surface area contributed by atoms with Gasteiger partial charge in [-0.25, -0.2) is 9.69 Å². The standard InChI is InChI=1S/C13H18ClN3O3/c1-5-6-16-8(2)11(18)17(12(16)19)10-7-9(20-15-10)13(3,4)14/h5,7-8,11,18H,1,6H2,2-4H3. The molecule has 0 aliphatic carbocycles. The molecule has 2 rings (SSSR count). The van der Waals surface area contributed by atoms with Gasteiger partial charge in [0, 0.05) is 12.6 Å². The molecule has 110 valence electrons. The zero-order valence-electron chi connectivity index (χ0n) is 11.7. The van der Waals surface area contributed by atoms with Crippen LogP contribution in [0.4, 0.5) is 10.6 Å². The third-order valence-corrected chi connectivity index (χ3v) is 3.48. The molecule has 0 spiro atoms. The minimum Gasteiger partial charge on any atom is -0.371 e. The summed E-state index contributed by atoms with van der Waals surface area (Å²) in [6.07, 6.45) is 0.625. The molecule has 0 saturated carbocycles. The van der Waals surface area contributed by atoms with E-state index >= 15 is 0 Å². The van der Waals surface area contributed by atoms with E-state index in [-0.39, 0.29) is 17.9 Å². The Kier molecular flexibility index (Phi) is 3.80. The highest BCUT2D eigenvalue weighted by molar-refractivity contribution is 6.23. The number of aliphatic hydroxyl groups excluding tert-OH is 1. The summed E-state index contributed by atoms with van der Waals surface area (Å²) in [5.41, 5.74) is 0. The smallest absolute Gasteiger partial charge is 0.328 e. The number of halogens is 1. The summed E-state index contributed by atoms with van der Waals surface area (Å²) in [7, 11) is 0. The number of hydrogen-bond acceptors (Lipinski definition) is 4. The Morgan fingerprint density at radius 3 is 2.80 bits per heavy atom. The summed E-state index contributed by atoms with van der Waals surface area (Å²) in [6, 6.07) is 0.875. The maximum absolute atomic E-state index is 12.3. The molecule has 0 radical (unpaired) electrons. The molecule has 1 aromatic heterocycles. The molecule has 7 heteroatoms. The van der Waals surface area contributed by atoms with Gasteiger partial charge in [0.05, 0.1) is 10.9 Å². The van der Waals surface area contributed by atoms with E-state index in [0.29, 0.717) is 12.3 Å². The van der Waals surface area contributed by atoms with Crippen LogP contribution in [-0.2, 0) is 4.87 Å². The summed E-state index contributed by atoms with van der Waals surface area (Å²) < 4.78 is 5.14. The van der Waals surface area contributed by atoms with E-state index in [1.807, 2.05) is 0 Å². The Balaban J connectivity index is 2.31. The molecule has 1 saturated heterocycles. The van der Waals surface area contributed by atoms with Crippen LogP contribution < -0.4 is 4.90 Å². The van der Waals surface area contributed by atoms with E-state index < -0.39 is 11.1 Å². The number of urea groups is 1. The number of anilines is 1. The molecule has 2 amide bonds. The maximum Gasteiger partial charge on any atom is 0.328 e. The first-order chi connectivity index (χ1) is 9.27. The Bertz CT molecular complexity index is 523. The quantitative estimate of drug-likeness (QED) is 0.684. The van der Waals surface area contributed by atoms with Crippen molar-refractivity contribution in [1.82, 2.24) is 10.1 Å². The van der Waals surface area contributed by atoms with Crippen LogP contribution in [0.3, 0.4) is 0 Å². The predicted molar refractivity (Wildman–Crippen MR) is 75.6 cm³/mol. The molecular formula is C13H18ClN3O3. The molecule has 20 heavy (non-hydrogen) atoms. The van der Waals surface area contributed by atoms with Gasteiger partial charge in [-0.15, -0.1) is 18.2 Å². The van der Waals surface area contributed by atoms with Crippen LogP contribution >= 0.6 is 11.6 Å². The van der Waals surface area contributed by atoms with Crippen LogP contribution in [0.25, 0.3) is 0 Å². The molecule has 0 aromatic carbocycles. The largest absolute Gasteiger partial charge is 0.371 e. The fourth-order valence-electron chi connectivity index (χ4n) is 2.08. The van der Waals surface area contributed by atoms with Crippen molar-refractivity contribution in [2.45, 2.75) is 37.9 Å². The van der Waals surface area contributed by atoms with Crippen LogP contribution in [0, 0.1) is 0 Å². The van der Waals surface area contributed by atoms with E-state index in [4.69, 9.17) is 16.1 Å². The second-order valence-corrected chi connectivity index (χ2v) is 6.21. The predicted octanol–water partition coefficient (Wildman–Crippen LogP) is 2.28. The number of hydrogen-bond donors (Lipinski definition) is 1. The average Bonchev–Trinajstić information content (AvgIpc) is 2.90. The minimum absolute atomic E-state index is 0.254. The van der Waals surface area contributed by atoms with Crippen LogP contribution in [0.5, 0.6) is 0 Å². The van der Waals surface area contributed by atoms with Crippen LogP contribution in [0.1, 0.15) is 26.5 Å². The molecule has 2 unspecified atom stereocenters. The number of amides is 2. The minimum atomic E-state index is -0.987. The lowest BCUT2D eigenvalue weighted by Crippen LogP contribution is -2.35. The summed E-state index contributed by atoms with van der Waals surface area (Å²) in [5, 5.41) is 14.0. The molecule has 1 aliphatic heterocycles. The van der Waals surface area contributed by atoms with Gasteiger partial charge in [-0.3, -0.25) is 0 Å². The van der Waals surface area contributed by atoms with E-state index in [1.165, 1.54) is 9.80 Å². The molecule has 1 aliphatic rings. The number of rotatable bonds is 4. The fourth-order valence-corrected chi connectivity index (χ4v) is 2.17. The van der Waals surface area contributed by atoms with Gasteiger partial charge < -0.3 is 14.5 Å². The zero-order valence-corrected chi connectivity index (χ0v) is 12.5. The van der Waals surface area contributed by atoms with E-state index in [1.54, 1.807) is 32.9 Å². The molecule has 2 atom stereocenters. The summed E-state index contributed by atoms with van der Waals surface area (Å²) in [5.74, 6) is 0.689. The van der Waals surface area contributed by atoms with Crippen LogP contribution in [0.2, 0.25) is 0 Å². The van der Waals surface area contributed by atoms with Gasteiger partial charge in [0.15, 0.2) is 17.8 Å². The van der Waals surface area contributed by atoms with Gasteiger partial charge in [0.25, 0.3) is 0 Å². The van der Waals surface area contributed by atoms with Crippen molar-refractivity contribution in [3.63, 3.8) is 0 Å². The SMILES string of the molecule is C=CCN1C(=O)N(c2cc(C(C)(C)Cl)on2)C(O)C1C. The molecule has 0 bridgehead atoms. The van der Waals surface area contributed by atoms with Crippen molar-refractivity contribution in [2.24, 2.45) is 0 Å². The molecule has 6 nitrogen and oxygen atoms in total. The normalized spacial score (nSPS) is 23.6. The van der Waals surface area contributed by atoms with Crippen molar-refractivity contribution in [1.29, 1.82) is 0 Å². The van der Waals surface area contributed by atoms with E-state index in [9.17, 15) is 9.90 Å². The van der Waals surface area contributed by atoms with Gasteiger partial charge in [-0.2, -0.15) is 0 Å². The van der Waals surface area contributed by atoms with Gasteiger partial charge in [-0.1, -0.05) is 11.2 Å². The second kappa shape index (κ2) is 5.10. The lowest BCUT2D eigenvalue weighted by atomic mass is 10.1. The number of alkyl halides is 1. The maximum atomic E-state index is 12.3. The summed E-state index contributed by atoms with van der Waals surface area (Å²) in [6.45, 7) is 9.24. The van der Waals surface area contributed by atoms with Crippen LogP contribution in [-0.4, -0.2) is 40.0 Å². The average molecular weight is 300 g/mol. The lowest BCUT2D eigenvalue weighted by Gasteiger charge is -2.18. The van der Waals surface area contributed by atoms with Gasteiger partial charge in [-0.05, 0) is 20.8 Å². The van der Waals surface area contributed by atoms with Gasteiger partial charge in [0.1, 0.15) is 0 Å². The van der Waals surface area contributed by atoms with Gasteiger partial charge in [0.2, 0.25) is 0 Å². The Hall–Kier alpha value is -1.53. The zero-order chi connectivity index (χ0) is 15.1. The Labute approximate surface area is 122 Å². The summed E-state index contributed by atoms with van der Waals surface area (Å²) in [4.78, 5) is 14.3. The highest BCUT2D eigenvalue weighted by Gasteiger charge is 2.44.